The molecule has 0 unspecified atom stereocenters. The number of hydrogen-bond donors (Lipinski definition) is 1. The molecule has 3 aromatic carbocycles. The number of amides is 1. The lowest BCUT2D eigenvalue weighted by molar-refractivity contribution is 0.105. The van der Waals surface area contributed by atoms with Crippen LogP contribution in [0.5, 0.6) is 0 Å². The zero-order valence-electron chi connectivity index (χ0n) is 14.5. The number of Topliss-reactive ketones (excluding diaryl/α,β-unsaturated/α-hetero) is 1. The molecule has 130 valence electrons. The fourth-order valence-corrected chi connectivity index (χ4v) is 2.53. The Labute approximate surface area is 151 Å². The maximum Gasteiger partial charge on any atom is 0.437 e. The lowest BCUT2D eigenvalue weighted by Crippen LogP contribution is -2.15. The molecule has 0 fully saturated rings. The van der Waals surface area contributed by atoms with Crippen molar-refractivity contribution < 1.29 is 14.4 Å². The summed E-state index contributed by atoms with van der Waals surface area (Å²) in [6.07, 6.45) is -0.752. The second-order valence-corrected chi connectivity index (χ2v) is 5.90. The number of nitrogens with zero attached hydrogens (tertiary/aromatic N) is 1. The number of carbonyl (C=O) groups excluding carboxylic acids is 2. The zero-order chi connectivity index (χ0) is 18.5. The van der Waals surface area contributed by atoms with Crippen LogP contribution in [-0.2, 0) is 4.84 Å². The highest BCUT2D eigenvalue weighted by atomic mass is 16.7. The number of oxime groups is 1. The predicted octanol–water partition coefficient (Wildman–Crippen LogP) is 4.96. The van der Waals surface area contributed by atoms with E-state index in [0.29, 0.717) is 11.3 Å². The van der Waals surface area contributed by atoms with E-state index in [4.69, 9.17) is 4.84 Å². The highest BCUT2D eigenvalue weighted by Gasteiger charge is 2.12. The van der Waals surface area contributed by atoms with Crippen molar-refractivity contribution in [1.82, 2.24) is 0 Å². The fourth-order valence-electron chi connectivity index (χ4n) is 2.53. The fraction of sp³-hybridized carbons (Fsp3) is 0.0952. The van der Waals surface area contributed by atoms with Crippen LogP contribution < -0.4 is 5.32 Å². The summed E-state index contributed by atoms with van der Waals surface area (Å²) in [6.45, 7) is 3.45. The van der Waals surface area contributed by atoms with E-state index in [1.807, 2.05) is 55.5 Å². The number of ketones is 1. The van der Waals surface area contributed by atoms with E-state index in [2.05, 4.69) is 10.5 Å². The van der Waals surface area contributed by atoms with Gasteiger partial charge in [0.25, 0.3) is 0 Å². The molecular formula is C21H18N2O3. The average Bonchev–Trinajstić information content (AvgIpc) is 2.66. The van der Waals surface area contributed by atoms with Crippen molar-refractivity contribution in [3.8, 4) is 0 Å². The largest absolute Gasteiger partial charge is 0.437 e. The van der Waals surface area contributed by atoms with E-state index in [1.54, 1.807) is 18.2 Å². The maximum atomic E-state index is 12.3. The van der Waals surface area contributed by atoms with Gasteiger partial charge < -0.3 is 0 Å². The Morgan fingerprint density at radius 3 is 2.38 bits per heavy atom. The Kier molecular flexibility index (Phi) is 5.08. The molecule has 0 radical (unpaired) electrons. The van der Waals surface area contributed by atoms with E-state index >= 15 is 0 Å². The first kappa shape index (κ1) is 17.4. The van der Waals surface area contributed by atoms with Crippen molar-refractivity contribution in [2.75, 3.05) is 5.32 Å². The summed E-state index contributed by atoms with van der Waals surface area (Å²) in [5.41, 5.74) is 2.27. The van der Waals surface area contributed by atoms with Crippen LogP contribution in [0.4, 0.5) is 10.5 Å². The molecule has 1 amide bonds. The first-order valence-corrected chi connectivity index (χ1v) is 8.16. The van der Waals surface area contributed by atoms with Crippen molar-refractivity contribution in [2.24, 2.45) is 5.16 Å². The number of aryl methyl sites for hydroxylation is 1. The van der Waals surface area contributed by atoms with Crippen molar-refractivity contribution in [1.29, 1.82) is 0 Å². The first-order chi connectivity index (χ1) is 12.5. The van der Waals surface area contributed by atoms with Crippen LogP contribution in [0.3, 0.4) is 0 Å². The highest BCUT2D eigenvalue weighted by molar-refractivity contribution is 6.45. The quantitative estimate of drug-likeness (QED) is 0.314. The van der Waals surface area contributed by atoms with Gasteiger partial charge in [0.1, 0.15) is 5.71 Å². The van der Waals surface area contributed by atoms with Crippen molar-refractivity contribution >= 4 is 34.0 Å². The van der Waals surface area contributed by atoms with E-state index in [9.17, 15) is 9.59 Å². The Morgan fingerprint density at radius 2 is 1.62 bits per heavy atom. The van der Waals surface area contributed by atoms with Crippen molar-refractivity contribution in [3.05, 3.63) is 77.9 Å². The number of carbonyl (C=O) groups is 2. The molecule has 0 aliphatic rings. The normalized spacial score (nSPS) is 11.2. The van der Waals surface area contributed by atoms with Crippen LogP contribution in [0.25, 0.3) is 10.8 Å². The van der Waals surface area contributed by atoms with Gasteiger partial charge in [-0.2, -0.15) is 0 Å². The van der Waals surface area contributed by atoms with Crippen LogP contribution in [0.15, 0.2) is 71.9 Å². The zero-order valence-corrected chi connectivity index (χ0v) is 14.5. The third kappa shape index (κ3) is 3.95. The lowest BCUT2D eigenvalue weighted by atomic mass is 10.1. The van der Waals surface area contributed by atoms with E-state index in [1.165, 1.54) is 6.92 Å². The average molecular weight is 346 g/mol. The highest BCUT2D eigenvalue weighted by Crippen LogP contribution is 2.23. The SMILES string of the molecule is C/C(=N\OC(=O)Nc1cccc2ccccc12)C(=O)c1ccc(C)cc1. The summed E-state index contributed by atoms with van der Waals surface area (Å²) in [5, 5.41) is 8.19. The Hall–Kier alpha value is -3.47. The van der Waals surface area contributed by atoms with Gasteiger partial charge in [-0.05, 0) is 25.3 Å². The number of fused-ring (bicyclic) bond motifs is 1. The number of anilines is 1. The summed E-state index contributed by atoms with van der Waals surface area (Å²) in [7, 11) is 0. The first-order valence-electron chi connectivity index (χ1n) is 8.16. The minimum Gasteiger partial charge on any atom is -0.297 e. The standard InChI is InChI=1S/C21H18N2O3/c1-14-10-12-17(13-11-14)20(24)15(2)23-26-21(25)22-19-9-5-7-16-6-3-4-8-18(16)19/h3-13H,1-2H3,(H,22,25)/b23-15+. The summed E-state index contributed by atoms with van der Waals surface area (Å²) in [6, 6.07) is 20.4. The third-order valence-corrected chi connectivity index (χ3v) is 3.93. The maximum absolute atomic E-state index is 12.3. The summed E-state index contributed by atoms with van der Waals surface area (Å²) in [5.74, 6) is -0.289. The topological polar surface area (TPSA) is 67.8 Å². The van der Waals surface area contributed by atoms with Gasteiger partial charge in [0.15, 0.2) is 0 Å². The van der Waals surface area contributed by atoms with Crippen LogP contribution >= 0.6 is 0 Å². The Morgan fingerprint density at radius 1 is 0.923 bits per heavy atom. The smallest absolute Gasteiger partial charge is 0.297 e. The second-order valence-electron chi connectivity index (χ2n) is 5.90. The third-order valence-electron chi connectivity index (χ3n) is 3.93. The van der Waals surface area contributed by atoms with Gasteiger partial charge in [-0.3, -0.25) is 14.9 Å². The van der Waals surface area contributed by atoms with Gasteiger partial charge in [0, 0.05) is 10.9 Å². The molecule has 0 saturated carbocycles. The van der Waals surface area contributed by atoms with Crippen LogP contribution in [0.1, 0.15) is 22.8 Å². The summed E-state index contributed by atoms with van der Waals surface area (Å²) < 4.78 is 0. The molecule has 3 aromatic rings. The van der Waals surface area contributed by atoms with Crippen molar-refractivity contribution in [2.45, 2.75) is 13.8 Å². The summed E-state index contributed by atoms with van der Waals surface area (Å²) >= 11 is 0. The molecule has 0 aliphatic heterocycles. The van der Waals surface area contributed by atoms with Gasteiger partial charge >= 0.3 is 6.09 Å². The molecule has 0 aromatic heterocycles. The van der Waals surface area contributed by atoms with Gasteiger partial charge in [-0.1, -0.05) is 71.4 Å². The molecule has 5 heteroatoms. The summed E-state index contributed by atoms with van der Waals surface area (Å²) in [4.78, 5) is 29.1. The van der Waals surface area contributed by atoms with Gasteiger partial charge in [-0.25, -0.2) is 4.79 Å². The van der Waals surface area contributed by atoms with Crippen molar-refractivity contribution in [3.63, 3.8) is 0 Å². The molecule has 0 saturated heterocycles. The molecule has 3 rings (SSSR count). The number of benzene rings is 3. The lowest BCUT2D eigenvalue weighted by Gasteiger charge is -2.07. The number of nitrogens with one attached hydrogen (secondary N) is 1. The Bertz CT molecular complexity index is 986. The van der Waals surface area contributed by atoms with E-state index in [0.717, 1.165) is 16.3 Å². The molecule has 5 nitrogen and oxygen atoms in total. The molecule has 0 bridgehead atoms. The number of hydrogen-bond acceptors (Lipinski definition) is 4. The molecular weight excluding hydrogens is 328 g/mol. The molecule has 1 N–H and O–H groups in total. The molecule has 0 heterocycles. The Balaban J connectivity index is 1.68. The van der Waals surface area contributed by atoms with Crippen LogP contribution in [0, 0.1) is 6.92 Å². The number of rotatable bonds is 4. The van der Waals surface area contributed by atoms with E-state index < -0.39 is 6.09 Å². The minimum atomic E-state index is -0.752. The van der Waals surface area contributed by atoms with Gasteiger partial charge in [0.05, 0.1) is 5.69 Å². The van der Waals surface area contributed by atoms with Crippen LogP contribution in [0.2, 0.25) is 0 Å². The molecule has 26 heavy (non-hydrogen) atoms. The monoisotopic (exact) mass is 346 g/mol. The van der Waals surface area contributed by atoms with Gasteiger partial charge in [0.2, 0.25) is 5.78 Å². The van der Waals surface area contributed by atoms with Crippen LogP contribution in [-0.4, -0.2) is 17.6 Å². The second kappa shape index (κ2) is 7.61. The molecule has 0 atom stereocenters. The van der Waals surface area contributed by atoms with E-state index in [-0.39, 0.29) is 11.5 Å². The van der Waals surface area contributed by atoms with Gasteiger partial charge in [-0.15, -0.1) is 0 Å². The molecule has 0 aliphatic carbocycles. The molecule has 0 spiro atoms. The predicted molar refractivity (Wildman–Crippen MR) is 103 cm³/mol. The minimum absolute atomic E-state index is 0.0990.